The molecule has 0 aliphatic carbocycles. The van der Waals surface area contributed by atoms with Crippen LogP contribution in [0, 0.1) is 0 Å². The van der Waals surface area contributed by atoms with E-state index >= 15 is 0 Å². The third-order valence-corrected chi connectivity index (χ3v) is 5.16. The second kappa shape index (κ2) is 6.97. The van der Waals surface area contributed by atoms with Gasteiger partial charge in [-0.2, -0.15) is 0 Å². The van der Waals surface area contributed by atoms with Gasteiger partial charge in [0.25, 0.3) is 0 Å². The average Bonchev–Trinajstić information content (AvgIpc) is 3.19. The molecule has 0 spiro atoms. The molecule has 3 rings (SSSR count). The van der Waals surface area contributed by atoms with Crippen molar-refractivity contribution >= 4 is 22.9 Å². The van der Waals surface area contributed by atoms with Crippen LogP contribution in [0.5, 0.6) is 0 Å². The smallest absolute Gasteiger partial charge is 0.220 e. The van der Waals surface area contributed by atoms with Crippen LogP contribution in [0.3, 0.4) is 0 Å². The normalized spacial score (nSPS) is 14.7. The van der Waals surface area contributed by atoms with Crippen molar-refractivity contribution in [3.63, 3.8) is 0 Å². The van der Waals surface area contributed by atoms with Crippen LogP contribution in [-0.2, 0) is 17.6 Å². The van der Waals surface area contributed by atoms with Gasteiger partial charge >= 0.3 is 0 Å². The highest BCUT2D eigenvalue weighted by Crippen LogP contribution is 2.28. The fourth-order valence-corrected chi connectivity index (χ4v) is 3.68. The molecule has 1 atom stereocenters. The van der Waals surface area contributed by atoms with E-state index in [2.05, 4.69) is 52.9 Å². The van der Waals surface area contributed by atoms with E-state index in [-0.39, 0.29) is 5.91 Å². The lowest BCUT2D eigenvalue weighted by atomic mass is 10.2. The molecule has 0 saturated heterocycles. The molecule has 1 aliphatic rings. The van der Waals surface area contributed by atoms with Crippen LogP contribution in [-0.4, -0.2) is 25.0 Å². The highest BCUT2D eigenvalue weighted by atomic mass is 32.1. The van der Waals surface area contributed by atoms with Gasteiger partial charge in [0.15, 0.2) is 0 Å². The molecule has 1 amide bonds. The fourth-order valence-electron chi connectivity index (χ4n) is 2.97. The summed E-state index contributed by atoms with van der Waals surface area (Å²) >= 11 is 1.71. The molecule has 22 heavy (non-hydrogen) atoms. The lowest BCUT2D eigenvalue weighted by Crippen LogP contribution is -2.41. The van der Waals surface area contributed by atoms with Gasteiger partial charge < -0.3 is 10.2 Å². The Morgan fingerprint density at radius 2 is 2.18 bits per heavy atom. The number of nitrogens with one attached hydrogen (secondary N) is 1. The molecule has 1 aliphatic heterocycles. The zero-order chi connectivity index (χ0) is 15.4. The van der Waals surface area contributed by atoms with Crippen molar-refractivity contribution < 1.29 is 4.79 Å². The monoisotopic (exact) mass is 314 g/mol. The number of amides is 1. The van der Waals surface area contributed by atoms with E-state index in [4.69, 9.17) is 0 Å². The van der Waals surface area contributed by atoms with E-state index in [1.807, 2.05) is 6.07 Å². The van der Waals surface area contributed by atoms with Gasteiger partial charge in [-0.15, -0.1) is 11.3 Å². The van der Waals surface area contributed by atoms with Crippen LogP contribution in [0.15, 0.2) is 41.8 Å². The van der Waals surface area contributed by atoms with Crippen LogP contribution in [0.2, 0.25) is 0 Å². The third kappa shape index (κ3) is 3.50. The molecule has 0 radical (unpaired) electrons. The summed E-state index contributed by atoms with van der Waals surface area (Å²) in [5.41, 5.74) is 2.74. The first-order valence-corrected chi connectivity index (χ1v) is 8.75. The molecular formula is C18H22N2OS. The van der Waals surface area contributed by atoms with Crippen LogP contribution in [0.25, 0.3) is 0 Å². The molecule has 2 aromatic rings. The molecule has 3 nitrogen and oxygen atoms in total. The first kappa shape index (κ1) is 15.1. The Hall–Kier alpha value is -1.81. The van der Waals surface area contributed by atoms with Gasteiger partial charge in [-0.3, -0.25) is 4.79 Å². The zero-order valence-corrected chi connectivity index (χ0v) is 13.7. The maximum absolute atomic E-state index is 12.0. The number of thiophene rings is 1. The zero-order valence-electron chi connectivity index (χ0n) is 12.9. The van der Waals surface area contributed by atoms with Gasteiger partial charge in [0.1, 0.15) is 0 Å². The molecule has 1 aromatic heterocycles. The Balaban J connectivity index is 1.46. The Bertz CT molecular complexity index is 624. The number of anilines is 1. The van der Waals surface area contributed by atoms with E-state index in [1.165, 1.54) is 16.1 Å². The van der Waals surface area contributed by atoms with Crippen LogP contribution in [0.4, 0.5) is 5.69 Å². The van der Waals surface area contributed by atoms with Crippen LogP contribution >= 0.6 is 11.3 Å². The highest BCUT2D eigenvalue weighted by Gasteiger charge is 2.22. The van der Waals surface area contributed by atoms with Crippen molar-refractivity contribution in [2.24, 2.45) is 0 Å². The first-order chi connectivity index (χ1) is 10.7. The third-order valence-electron chi connectivity index (χ3n) is 4.23. The van der Waals surface area contributed by atoms with Gasteiger partial charge in [0.2, 0.25) is 5.91 Å². The van der Waals surface area contributed by atoms with Gasteiger partial charge in [0.05, 0.1) is 0 Å². The molecule has 1 aromatic carbocycles. The molecule has 1 N–H and O–H groups in total. The number of hydrogen-bond donors (Lipinski definition) is 1. The molecule has 2 heterocycles. The van der Waals surface area contributed by atoms with Crippen molar-refractivity contribution in [2.45, 2.75) is 32.2 Å². The number of para-hydroxylation sites is 1. The van der Waals surface area contributed by atoms with Crippen molar-refractivity contribution in [3.8, 4) is 0 Å². The van der Waals surface area contributed by atoms with E-state index < -0.39 is 0 Å². The molecule has 0 fully saturated rings. The summed E-state index contributed by atoms with van der Waals surface area (Å²) in [4.78, 5) is 15.7. The number of fused-ring (bicyclic) bond motifs is 1. The number of nitrogens with zero attached hydrogens (tertiary/aromatic N) is 1. The average molecular weight is 314 g/mol. The predicted octanol–water partition coefficient (Wildman–Crippen LogP) is 3.25. The first-order valence-electron chi connectivity index (χ1n) is 7.87. The number of carbonyl (C=O) groups excluding carboxylic acids is 1. The fraction of sp³-hybridized carbons (Fsp3) is 0.389. The summed E-state index contributed by atoms with van der Waals surface area (Å²) in [5.74, 6) is 0.146. The standard InChI is InChI=1S/C18H22N2OS/c1-14(20-11-10-15-5-2-3-7-17(15)20)13-19-18(21)9-8-16-6-4-12-22-16/h2-7,12,14H,8-11,13H2,1H3,(H,19,21)/t14-/m0/s1. The maximum atomic E-state index is 12.0. The van der Waals surface area contributed by atoms with E-state index in [0.29, 0.717) is 19.0 Å². The Morgan fingerprint density at radius 1 is 1.32 bits per heavy atom. The van der Waals surface area contributed by atoms with Crippen LogP contribution < -0.4 is 10.2 Å². The lowest BCUT2D eigenvalue weighted by molar-refractivity contribution is -0.121. The van der Waals surface area contributed by atoms with E-state index in [9.17, 15) is 4.79 Å². The van der Waals surface area contributed by atoms with Crippen LogP contribution in [0.1, 0.15) is 23.8 Å². The summed E-state index contributed by atoms with van der Waals surface area (Å²) in [5, 5.41) is 5.13. The summed E-state index contributed by atoms with van der Waals surface area (Å²) in [7, 11) is 0. The predicted molar refractivity (Wildman–Crippen MR) is 92.6 cm³/mol. The van der Waals surface area contributed by atoms with Gasteiger partial charge in [-0.1, -0.05) is 24.3 Å². The molecule has 0 unspecified atom stereocenters. The minimum Gasteiger partial charge on any atom is -0.366 e. The van der Waals surface area contributed by atoms with Crippen molar-refractivity contribution in [1.82, 2.24) is 5.32 Å². The number of rotatable bonds is 6. The Morgan fingerprint density at radius 3 is 3.00 bits per heavy atom. The quantitative estimate of drug-likeness (QED) is 0.888. The van der Waals surface area contributed by atoms with Gasteiger partial charge in [-0.05, 0) is 42.8 Å². The lowest BCUT2D eigenvalue weighted by Gasteiger charge is -2.27. The molecular weight excluding hydrogens is 292 g/mol. The Labute approximate surface area is 136 Å². The summed E-state index contributed by atoms with van der Waals surface area (Å²) in [6.45, 7) is 3.94. The summed E-state index contributed by atoms with van der Waals surface area (Å²) in [6, 6.07) is 13.0. The van der Waals surface area contributed by atoms with Crippen molar-refractivity contribution in [2.75, 3.05) is 18.0 Å². The maximum Gasteiger partial charge on any atom is 0.220 e. The summed E-state index contributed by atoms with van der Waals surface area (Å²) in [6.07, 6.45) is 2.51. The minimum atomic E-state index is 0.146. The Kier molecular flexibility index (Phi) is 4.78. The second-order valence-corrected chi connectivity index (χ2v) is 6.84. The van der Waals surface area contributed by atoms with Gasteiger partial charge in [0, 0.05) is 36.1 Å². The van der Waals surface area contributed by atoms with E-state index in [0.717, 1.165) is 19.4 Å². The number of carbonyl (C=O) groups is 1. The molecule has 4 heteroatoms. The number of hydrogen-bond acceptors (Lipinski definition) is 3. The van der Waals surface area contributed by atoms with Crippen molar-refractivity contribution in [3.05, 3.63) is 52.2 Å². The SMILES string of the molecule is C[C@@H](CNC(=O)CCc1cccs1)N1CCc2ccccc21. The molecule has 0 saturated carbocycles. The van der Waals surface area contributed by atoms with Gasteiger partial charge in [-0.25, -0.2) is 0 Å². The summed E-state index contributed by atoms with van der Waals surface area (Å²) < 4.78 is 0. The number of aryl methyl sites for hydroxylation is 1. The second-order valence-electron chi connectivity index (χ2n) is 5.80. The van der Waals surface area contributed by atoms with Crippen molar-refractivity contribution in [1.29, 1.82) is 0 Å². The number of benzene rings is 1. The highest BCUT2D eigenvalue weighted by molar-refractivity contribution is 7.09. The molecule has 0 bridgehead atoms. The minimum absolute atomic E-state index is 0.146. The topological polar surface area (TPSA) is 32.3 Å². The largest absolute Gasteiger partial charge is 0.366 e. The van der Waals surface area contributed by atoms with E-state index in [1.54, 1.807) is 11.3 Å². The molecule has 116 valence electrons.